The van der Waals surface area contributed by atoms with Crippen molar-refractivity contribution in [3.63, 3.8) is 0 Å². The van der Waals surface area contributed by atoms with Gasteiger partial charge in [-0.1, -0.05) is 0 Å². The van der Waals surface area contributed by atoms with Crippen molar-refractivity contribution in [1.82, 2.24) is 4.90 Å². The summed E-state index contributed by atoms with van der Waals surface area (Å²) < 4.78 is 10.9. The number of carbonyl (C=O) groups is 1. The minimum Gasteiger partial charge on any atom is -0.457 e. The van der Waals surface area contributed by atoms with Gasteiger partial charge < -0.3 is 14.4 Å². The lowest BCUT2D eigenvalue weighted by Crippen LogP contribution is -2.40. The van der Waals surface area contributed by atoms with Crippen LogP contribution in [0.1, 0.15) is 10.4 Å². The van der Waals surface area contributed by atoms with Crippen LogP contribution in [0.15, 0.2) is 41.1 Å². The molecule has 1 amide bonds. The Morgan fingerprint density at radius 2 is 1.85 bits per heavy atom. The van der Waals surface area contributed by atoms with Crippen LogP contribution >= 0.6 is 11.3 Å². The monoisotopic (exact) mass is 289 g/mol. The van der Waals surface area contributed by atoms with Crippen LogP contribution in [-0.4, -0.2) is 37.1 Å². The average Bonchev–Trinajstić information content (AvgIpc) is 3.01. The fraction of sp³-hybridized carbons (Fsp3) is 0.267. The first-order valence-corrected chi connectivity index (χ1v) is 7.44. The van der Waals surface area contributed by atoms with Crippen LogP contribution in [0, 0.1) is 0 Å². The first kappa shape index (κ1) is 13.1. The molecule has 0 unspecified atom stereocenters. The Labute approximate surface area is 121 Å². The van der Waals surface area contributed by atoms with Gasteiger partial charge in [0.05, 0.1) is 13.2 Å². The van der Waals surface area contributed by atoms with Gasteiger partial charge in [-0.3, -0.25) is 4.79 Å². The molecule has 0 atom stereocenters. The molecular weight excluding hydrogens is 274 g/mol. The van der Waals surface area contributed by atoms with E-state index in [0.29, 0.717) is 31.9 Å². The van der Waals surface area contributed by atoms with Gasteiger partial charge in [-0.15, -0.1) is 11.3 Å². The molecule has 1 aromatic carbocycles. The summed E-state index contributed by atoms with van der Waals surface area (Å²) in [5.74, 6) is 1.61. The van der Waals surface area contributed by atoms with Gasteiger partial charge in [-0.2, -0.15) is 0 Å². The number of ether oxygens (including phenoxy) is 2. The molecule has 20 heavy (non-hydrogen) atoms. The number of carbonyl (C=O) groups excluding carboxylic acids is 1. The molecule has 0 radical (unpaired) electrons. The van der Waals surface area contributed by atoms with Crippen LogP contribution in [0.4, 0.5) is 0 Å². The Balaban J connectivity index is 1.67. The Bertz CT molecular complexity index is 559. The highest BCUT2D eigenvalue weighted by Gasteiger charge is 2.18. The third-order valence-electron chi connectivity index (χ3n) is 3.13. The third kappa shape index (κ3) is 3.00. The SMILES string of the molecule is O=C(c1ccc(Oc2ccsc2)cc1)N1CCOCC1. The number of nitrogens with zero attached hydrogens (tertiary/aromatic N) is 1. The number of hydrogen-bond acceptors (Lipinski definition) is 4. The molecule has 3 rings (SSSR count). The molecule has 1 saturated heterocycles. The quantitative estimate of drug-likeness (QED) is 0.872. The van der Waals surface area contributed by atoms with Crippen LogP contribution in [0.3, 0.4) is 0 Å². The molecule has 1 aromatic heterocycles. The average molecular weight is 289 g/mol. The standard InChI is InChI=1S/C15H15NO3S/c17-15(16-6-8-18-9-7-16)12-1-3-13(4-2-12)19-14-5-10-20-11-14/h1-5,10-11H,6-9H2. The summed E-state index contributed by atoms with van der Waals surface area (Å²) in [6.07, 6.45) is 0. The van der Waals surface area contributed by atoms with E-state index in [9.17, 15) is 4.79 Å². The second-order valence-electron chi connectivity index (χ2n) is 4.49. The molecule has 0 aliphatic carbocycles. The summed E-state index contributed by atoms with van der Waals surface area (Å²) in [4.78, 5) is 14.1. The van der Waals surface area contributed by atoms with E-state index in [1.807, 2.05) is 33.9 Å². The van der Waals surface area contributed by atoms with Crippen molar-refractivity contribution in [3.8, 4) is 11.5 Å². The van der Waals surface area contributed by atoms with Gasteiger partial charge in [0, 0.05) is 24.0 Å². The van der Waals surface area contributed by atoms with Crippen molar-refractivity contribution in [2.24, 2.45) is 0 Å². The number of rotatable bonds is 3. The molecule has 104 valence electrons. The van der Waals surface area contributed by atoms with Crippen LogP contribution in [0.2, 0.25) is 0 Å². The minimum absolute atomic E-state index is 0.0513. The third-order valence-corrected chi connectivity index (χ3v) is 3.79. The van der Waals surface area contributed by atoms with E-state index in [-0.39, 0.29) is 5.91 Å². The zero-order valence-corrected chi connectivity index (χ0v) is 11.8. The molecule has 1 aliphatic rings. The summed E-state index contributed by atoms with van der Waals surface area (Å²) in [6.45, 7) is 2.55. The Hall–Kier alpha value is -1.85. The molecule has 0 spiro atoms. The molecule has 2 aromatic rings. The Kier molecular flexibility index (Phi) is 3.99. The van der Waals surface area contributed by atoms with Gasteiger partial charge in [0.1, 0.15) is 11.5 Å². The topological polar surface area (TPSA) is 38.8 Å². The zero-order chi connectivity index (χ0) is 13.8. The second-order valence-corrected chi connectivity index (χ2v) is 5.27. The van der Waals surface area contributed by atoms with E-state index in [4.69, 9.17) is 9.47 Å². The Morgan fingerprint density at radius 3 is 2.50 bits per heavy atom. The molecular formula is C15H15NO3S. The summed E-state index contributed by atoms with van der Waals surface area (Å²) in [5, 5.41) is 3.90. The maximum Gasteiger partial charge on any atom is 0.254 e. The van der Waals surface area contributed by atoms with Crippen molar-refractivity contribution in [2.75, 3.05) is 26.3 Å². The highest BCUT2D eigenvalue weighted by molar-refractivity contribution is 7.08. The zero-order valence-electron chi connectivity index (χ0n) is 11.0. The summed E-state index contributed by atoms with van der Waals surface area (Å²) in [6, 6.07) is 9.17. The maximum absolute atomic E-state index is 12.3. The summed E-state index contributed by atoms with van der Waals surface area (Å²) >= 11 is 1.59. The minimum atomic E-state index is 0.0513. The largest absolute Gasteiger partial charge is 0.457 e. The predicted octanol–water partition coefficient (Wildman–Crippen LogP) is 3.01. The summed E-state index contributed by atoms with van der Waals surface area (Å²) in [5.41, 5.74) is 0.685. The first-order chi connectivity index (χ1) is 9.83. The van der Waals surface area contributed by atoms with E-state index in [1.54, 1.807) is 23.5 Å². The number of amides is 1. The van der Waals surface area contributed by atoms with E-state index in [0.717, 1.165) is 11.5 Å². The number of hydrogen-bond donors (Lipinski definition) is 0. The Morgan fingerprint density at radius 1 is 1.10 bits per heavy atom. The lowest BCUT2D eigenvalue weighted by Gasteiger charge is -2.26. The fourth-order valence-electron chi connectivity index (χ4n) is 2.06. The van der Waals surface area contributed by atoms with Crippen molar-refractivity contribution in [1.29, 1.82) is 0 Å². The molecule has 0 bridgehead atoms. The van der Waals surface area contributed by atoms with Gasteiger partial charge in [0.25, 0.3) is 5.91 Å². The smallest absolute Gasteiger partial charge is 0.254 e. The van der Waals surface area contributed by atoms with E-state index in [2.05, 4.69) is 0 Å². The van der Waals surface area contributed by atoms with Gasteiger partial charge in [0.15, 0.2) is 0 Å². The van der Waals surface area contributed by atoms with E-state index >= 15 is 0 Å². The van der Waals surface area contributed by atoms with Gasteiger partial charge in [0.2, 0.25) is 0 Å². The molecule has 0 N–H and O–H groups in total. The normalized spacial score (nSPS) is 15.1. The van der Waals surface area contributed by atoms with Crippen LogP contribution in [0.5, 0.6) is 11.5 Å². The van der Waals surface area contributed by atoms with E-state index in [1.165, 1.54) is 0 Å². The molecule has 0 saturated carbocycles. The first-order valence-electron chi connectivity index (χ1n) is 6.50. The van der Waals surface area contributed by atoms with Gasteiger partial charge in [-0.25, -0.2) is 0 Å². The van der Waals surface area contributed by atoms with Crippen molar-refractivity contribution in [2.45, 2.75) is 0 Å². The highest BCUT2D eigenvalue weighted by Crippen LogP contribution is 2.24. The predicted molar refractivity (Wildman–Crippen MR) is 77.6 cm³/mol. The van der Waals surface area contributed by atoms with Crippen molar-refractivity contribution >= 4 is 17.2 Å². The lowest BCUT2D eigenvalue weighted by molar-refractivity contribution is 0.0303. The second kappa shape index (κ2) is 6.07. The van der Waals surface area contributed by atoms with Gasteiger partial charge in [-0.05, 0) is 35.7 Å². The maximum atomic E-state index is 12.3. The number of thiophene rings is 1. The van der Waals surface area contributed by atoms with E-state index < -0.39 is 0 Å². The number of morpholine rings is 1. The highest BCUT2D eigenvalue weighted by atomic mass is 32.1. The molecule has 1 fully saturated rings. The van der Waals surface area contributed by atoms with Crippen LogP contribution < -0.4 is 4.74 Å². The lowest BCUT2D eigenvalue weighted by atomic mass is 10.2. The molecule has 2 heterocycles. The van der Waals surface area contributed by atoms with Gasteiger partial charge >= 0.3 is 0 Å². The summed E-state index contributed by atoms with van der Waals surface area (Å²) in [7, 11) is 0. The fourth-order valence-corrected chi connectivity index (χ4v) is 2.61. The van der Waals surface area contributed by atoms with Crippen molar-refractivity contribution < 1.29 is 14.3 Å². The van der Waals surface area contributed by atoms with Crippen LogP contribution in [0.25, 0.3) is 0 Å². The molecule has 5 heteroatoms. The molecule has 4 nitrogen and oxygen atoms in total. The molecule has 1 aliphatic heterocycles. The number of benzene rings is 1. The van der Waals surface area contributed by atoms with Crippen LogP contribution in [-0.2, 0) is 4.74 Å². The van der Waals surface area contributed by atoms with Crippen molar-refractivity contribution in [3.05, 3.63) is 46.7 Å².